The van der Waals surface area contributed by atoms with Crippen molar-refractivity contribution in [1.29, 1.82) is 0 Å². The molecule has 156 valence electrons. The number of carbonyl (C=O) groups excluding carboxylic acids is 2. The van der Waals surface area contributed by atoms with Crippen molar-refractivity contribution >= 4 is 11.8 Å². The highest BCUT2D eigenvalue weighted by Crippen LogP contribution is 2.13. The Kier molecular flexibility index (Phi) is 9.02. The van der Waals surface area contributed by atoms with Gasteiger partial charge in [0.25, 0.3) is 11.8 Å². The van der Waals surface area contributed by atoms with Gasteiger partial charge in [0.2, 0.25) is 0 Å². The van der Waals surface area contributed by atoms with Crippen LogP contribution in [0.5, 0.6) is 11.5 Å². The molecule has 0 fully saturated rings. The first-order valence-corrected chi connectivity index (χ1v) is 10.1. The number of ether oxygens (including phenoxy) is 2. The summed E-state index contributed by atoms with van der Waals surface area (Å²) >= 11 is 0. The highest BCUT2D eigenvalue weighted by Gasteiger charge is 2.12. The largest absolute Gasteiger partial charge is 0.494 e. The van der Waals surface area contributed by atoms with E-state index in [-0.39, 0.29) is 17.9 Å². The number of benzene rings is 2. The van der Waals surface area contributed by atoms with Crippen LogP contribution < -0.4 is 20.1 Å². The van der Waals surface area contributed by atoms with E-state index in [1.165, 1.54) is 0 Å². The Hall–Kier alpha value is -3.02. The minimum absolute atomic E-state index is 0.189. The molecule has 6 nitrogen and oxygen atoms in total. The molecule has 0 radical (unpaired) electrons. The van der Waals surface area contributed by atoms with Crippen molar-refractivity contribution < 1.29 is 19.1 Å². The summed E-state index contributed by atoms with van der Waals surface area (Å²) in [4.78, 5) is 24.6. The first-order chi connectivity index (χ1) is 14.0. The lowest BCUT2D eigenvalue weighted by Gasteiger charge is -2.15. The summed E-state index contributed by atoms with van der Waals surface area (Å²) < 4.78 is 11.0. The van der Waals surface area contributed by atoms with Crippen LogP contribution in [-0.4, -0.2) is 37.6 Å². The summed E-state index contributed by atoms with van der Waals surface area (Å²) in [5.41, 5.74) is 1.10. The average molecular weight is 399 g/mol. The molecule has 0 aliphatic rings. The summed E-state index contributed by atoms with van der Waals surface area (Å²) in [5, 5.41) is 5.72. The fourth-order valence-electron chi connectivity index (χ4n) is 2.55. The molecule has 2 amide bonds. The standard InChI is InChI=1S/C23H30N2O4/c1-4-14-28-20-10-6-18(7-11-20)22(26)24-16-17(3)25-23(27)19-8-12-21(13-9-19)29-15-5-2/h6-13,17H,4-5,14-16H2,1-3H3,(H,24,26)(H,25,27)/t17-/m0/s1. The first kappa shape index (κ1) is 22.3. The summed E-state index contributed by atoms with van der Waals surface area (Å²) in [6.07, 6.45) is 1.87. The third kappa shape index (κ3) is 7.49. The minimum atomic E-state index is -0.213. The van der Waals surface area contributed by atoms with Crippen LogP contribution in [0.3, 0.4) is 0 Å². The quantitative estimate of drug-likeness (QED) is 0.603. The predicted octanol–water partition coefficient (Wildman–Crippen LogP) is 3.81. The molecule has 0 aliphatic heterocycles. The maximum atomic E-state index is 12.3. The molecule has 0 spiro atoms. The Balaban J connectivity index is 1.78. The molecule has 6 heteroatoms. The highest BCUT2D eigenvalue weighted by atomic mass is 16.5. The van der Waals surface area contributed by atoms with Gasteiger partial charge in [-0.2, -0.15) is 0 Å². The number of nitrogens with one attached hydrogen (secondary N) is 2. The lowest BCUT2D eigenvalue weighted by molar-refractivity contribution is 0.0912. The Morgan fingerprint density at radius 3 is 1.69 bits per heavy atom. The second-order valence-corrected chi connectivity index (χ2v) is 6.83. The lowest BCUT2D eigenvalue weighted by atomic mass is 10.2. The van der Waals surface area contributed by atoms with Crippen molar-refractivity contribution in [3.63, 3.8) is 0 Å². The SMILES string of the molecule is CCCOc1ccc(C(=O)NC[C@H](C)NC(=O)c2ccc(OCCC)cc2)cc1. The molecular weight excluding hydrogens is 368 g/mol. The molecule has 0 unspecified atom stereocenters. The molecule has 2 N–H and O–H groups in total. The Morgan fingerprint density at radius 2 is 1.24 bits per heavy atom. The molecule has 2 aromatic carbocycles. The zero-order chi connectivity index (χ0) is 21.1. The van der Waals surface area contributed by atoms with E-state index >= 15 is 0 Å². The molecule has 0 saturated carbocycles. The van der Waals surface area contributed by atoms with Crippen LogP contribution in [0.25, 0.3) is 0 Å². The molecule has 0 saturated heterocycles. The monoisotopic (exact) mass is 398 g/mol. The number of hydrogen-bond acceptors (Lipinski definition) is 4. The molecule has 2 aromatic rings. The first-order valence-electron chi connectivity index (χ1n) is 10.1. The van der Waals surface area contributed by atoms with Gasteiger partial charge in [0.05, 0.1) is 13.2 Å². The summed E-state index contributed by atoms with van der Waals surface area (Å²) in [7, 11) is 0. The van der Waals surface area contributed by atoms with Crippen LogP contribution in [0, 0.1) is 0 Å². The number of hydrogen-bond donors (Lipinski definition) is 2. The third-order valence-electron chi connectivity index (χ3n) is 4.13. The smallest absolute Gasteiger partial charge is 0.251 e. The fourth-order valence-corrected chi connectivity index (χ4v) is 2.55. The van der Waals surface area contributed by atoms with E-state index in [0.29, 0.717) is 30.9 Å². The summed E-state index contributed by atoms with van der Waals surface area (Å²) in [6, 6.07) is 13.8. The van der Waals surface area contributed by atoms with Gasteiger partial charge in [0.1, 0.15) is 11.5 Å². The van der Waals surface area contributed by atoms with Crippen LogP contribution in [0.4, 0.5) is 0 Å². The minimum Gasteiger partial charge on any atom is -0.494 e. The maximum Gasteiger partial charge on any atom is 0.251 e. The maximum absolute atomic E-state index is 12.3. The van der Waals surface area contributed by atoms with E-state index in [2.05, 4.69) is 10.6 Å². The van der Waals surface area contributed by atoms with Crippen molar-refractivity contribution in [2.75, 3.05) is 19.8 Å². The predicted molar refractivity (Wildman–Crippen MR) is 114 cm³/mol. The van der Waals surface area contributed by atoms with Crippen molar-refractivity contribution in [2.45, 2.75) is 39.7 Å². The molecule has 0 aromatic heterocycles. The van der Waals surface area contributed by atoms with Crippen molar-refractivity contribution in [2.24, 2.45) is 0 Å². The van der Waals surface area contributed by atoms with Crippen molar-refractivity contribution in [3.8, 4) is 11.5 Å². The van der Waals surface area contributed by atoms with Gasteiger partial charge in [-0.15, -0.1) is 0 Å². The van der Waals surface area contributed by atoms with E-state index in [0.717, 1.165) is 24.3 Å². The van der Waals surface area contributed by atoms with Gasteiger partial charge in [-0.25, -0.2) is 0 Å². The summed E-state index contributed by atoms with van der Waals surface area (Å²) in [6.45, 7) is 7.56. The van der Waals surface area contributed by atoms with Gasteiger partial charge in [0.15, 0.2) is 0 Å². The third-order valence-corrected chi connectivity index (χ3v) is 4.13. The van der Waals surface area contributed by atoms with Crippen LogP contribution in [-0.2, 0) is 0 Å². The van der Waals surface area contributed by atoms with E-state index in [1.807, 2.05) is 20.8 Å². The number of rotatable bonds is 11. The number of amides is 2. The van der Waals surface area contributed by atoms with Crippen LogP contribution >= 0.6 is 0 Å². The Bertz CT molecular complexity index is 772. The fraction of sp³-hybridized carbons (Fsp3) is 0.391. The van der Waals surface area contributed by atoms with Crippen molar-refractivity contribution in [1.82, 2.24) is 10.6 Å². The van der Waals surface area contributed by atoms with Crippen LogP contribution in [0.1, 0.15) is 54.3 Å². The normalized spacial score (nSPS) is 11.4. The van der Waals surface area contributed by atoms with E-state index < -0.39 is 0 Å². The number of carbonyl (C=O) groups is 2. The molecule has 29 heavy (non-hydrogen) atoms. The topological polar surface area (TPSA) is 76.7 Å². The molecule has 0 heterocycles. The van der Waals surface area contributed by atoms with Crippen LogP contribution in [0.2, 0.25) is 0 Å². The van der Waals surface area contributed by atoms with Gasteiger partial charge in [-0.1, -0.05) is 13.8 Å². The van der Waals surface area contributed by atoms with E-state index in [4.69, 9.17) is 9.47 Å². The second-order valence-electron chi connectivity index (χ2n) is 6.83. The zero-order valence-corrected chi connectivity index (χ0v) is 17.4. The Labute approximate surface area is 172 Å². The van der Waals surface area contributed by atoms with Gasteiger partial charge in [-0.05, 0) is 68.3 Å². The van der Waals surface area contributed by atoms with Crippen LogP contribution in [0.15, 0.2) is 48.5 Å². The second kappa shape index (κ2) is 11.7. The van der Waals surface area contributed by atoms with Gasteiger partial charge in [-0.3, -0.25) is 9.59 Å². The highest BCUT2D eigenvalue weighted by molar-refractivity contribution is 5.95. The van der Waals surface area contributed by atoms with Crippen molar-refractivity contribution in [3.05, 3.63) is 59.7 Å². The Morgan fingerprint density at radius 1 is 0.793 bits per heavy atom. The van der Waals surface area contributed by atoms with Gasteiger partial charge >= 0.3 is 0 Å². The van der Waals surface area contributed by atoms with E-state index in [9.17, 15) is 9.59 Å². The molecule has 0 bridgehead atoms. The molecule has 1 atom stereocenters. The lowest BCUT2D eigenvalue weighted by Crippen LogP contribution is -2.41. The van der Waals surface area contributed by atoms with Gasteiger partial charge < -0.3 is 20.1 Å². The molecule has 2 rings (SSSR count). The van der Waals surface area contributed by atoms with E-state index in [1.54, 1.807) is 48.5 Å². The molecular formula is C23H30N2O4. The molecule has 0 aliphatic carbocycles. The average Bonchev–Trinajstić information content (AvgIpc) is 2.75. The van der Waals surface area contributed by atoms with Gasteiger partial charge in [0, 0.05) is 23.7 Å². The zero-order valence-electron chi connectivity index (χ0n) is 17.4. The summed E-state index contributed by atoms with van der Waals surface area (Å²) in [5.74, 6) is 1.11.